The number of halogens is 1. The molecule has 2 N–H and O–H groups in total. The van der Waals surface area contributed by atoms with Gasteiger partial charge in [0.2, 0.25) is 0 Å². The molecule has 1 saturated carbocycles. The van der Waals surface area contributed by atoms with Crippen LogP contribution in [0.3, 0.4) is 0 Å². The van der Waals surface area contributed by atoms with E-state index >= 15 is 0 Å². The molecule has 0 radical (unpaired) electrons. The van der Waals surface area contributed by atoms with Crippen molar-refractivity contribution < 1.29 is 4.79 Å². The molecule has 1 aliphatic carbocycles. The lowest BCUT2D eigenvalue weighted by molar-refractivity contribution is 0.0779. The Labute approximate surface area is 126 Å². The summed E-state index contributed by atoms with van der Waals surface area (Å²) >= 11 is 0. The quantitative estimate of drug-likeness (QED) is 0.865. The minimum atomic E-state index is 0. The monoisotopic (exact) mass is 294 g/mol. The van der Waals surface area contributed by atoms with Gasteiger partial charge in [0.25, 0.3) is 5.91 Å². The molecule has 2 aliphatic rings. The summed E-state index contributed by atoms with van der Waals surface area (Å²) in [7, 11) is 0. The topological polar surface area (TPSA) is 46.3 Å². The summed E-state index contributed by atoms with van der Waals surface area (Å²) in [5.74, 6) is 1.32. The van der Waals surface area contributed by atoms with Crippen LogP contribution in [0.25, 0.3) is 0 Å². The fraction of sp³-hybridized carbons (Fsp3) is 0.562. The highest BCUT2D eigenvalue weighted by Gasteiger charge is 2.42. The summed E-state index contributed by atoms with van der Waals surface area (Å²) in [6, 6.07) is 6.28. The zero-order valence-electron chi connectivity index (χ0n) is 12.1. The highest BCUT2D eigenvalue weighted by molar-refractivity contribution is 5.94. The van der Waals surface area contributed by atoms with Gasteiger partial charge < -0.3 is 10.6 Å². The molecule has 1 aromatic rings. The van der Waals surface area contributed by atoms with Crippen LogP contribution in [-0.2, 0) is 0 Å². The van der Waals surface area contributed by atoms with Crippen molar-refractivity contribution in [3.63, 3.8) is 0 Å². The lowest BCUT2D eigenvalue weighted by atomic mass is 9.98. The zero-order chi connectivity index (χ0) is 13.6. The fourth-order valence-corrected chi connectivity index (χ4v) is 3.53. The molecule has 3 rings (SSSR count). The first-order valence-electron chi connectivity index (χ1n) is 7.18. The Morgan fingerprint density at radius 1 is 1.20 bits per heavy atom. The lowest BCUT2D eigenvalue weighted by Gasteiger charge is -2.19. The number of nitrogens with zero attached hydrogens (tertiary/aromatic N) is 1. The number of likely N-dealkylation sites (tertiary alicyclic amines) is 1. The standard InChI is InChI=1S/C16H22N2O.ClH/c1-10-3-4-12(7-11(10)2)16(19)18-8-13-5-6-15(17)14(13)9-18;/h3-4,7,13-15H,5-6,8-9,17H2,1-2H3;1H. The largest absolute Gasteiger partial charge is 0.338 e. The molecule has 3 nitrogen and oxygen atoms in total. The van der Waals surface area contributed by atoms with E-state index in [0.29, 0.717) is 17.9 Å². The SMILES string of the molecule is Cc1ccc(C(=O)N2CC3CCC(N)C3C2)cc1C.Cl. The number of carbonyl (C=O) groups excluding carboxylic acids is 1. The van der Waals surface area contributed by atoms with E-state index in [9.17, 15) is 4.79 Å². The minimum absolute atomic E-state index is 0. The molecule has 1 amide bonds. The van der Waals surface area contributed by atoms with Crippen LogP contribution in [0.2, 0.25) is 0 Å². The predicted molar refractivity (Wildman–Crippen MR) is 83.3 cm³/mol. The van der Waals surface area contributed by atoms with E-state index in [-0.39, 0.29) is 18.3 Å². The number of carbonyl (C=O) groups is 1. The van der Waals surface area contributed by atoms with Crippen LogP contribution in [0.5, 0.6) is 0 Å². The maximum atomic E-state index is 12.5. The predicted octanol–water partition coefficient (Wildman–Crippen LogP) is 2.53. The lowest BCUT2D eigenvalue weighted by Crippen LogP contribution is -2.33. The third-order valence-electron chi connectivity index (χ3n) is 4.95. The average Bonchev–Trinajstić information content (AvgIpc) is 2.95. The van der Waals surface area contributed by atoms with Gasteiger partial charge in [-0.25, -0.2) is 0 Å². The summed E-state index contributed by atoms with van der Waals surface area (Å²) in [6.45, 7) is 5.87. The first-order valence-corrected chi connectivity index (χ1v) is 7.18. The van der Waals surface area contributed by atoms with Crippen LogP contribution >= 0.6 is 12.4 Å². The third-order valence-corrected chi connectivity index (χ3v) is 4.95. The second-order valence-corrected chi connectivity index (χ2v) is 6.17. The third kappa shape index (κ3) is 2.57. The molecule has 110 valence electrons. The van der Waals surface area contributed by atoms with Gasteiger partial charge in [-0.2, -0.15) is 0 Å². The van der Waals surface area contributed by atoms with E-state index in [2.05, 4.69) is 13.8 Å². The van der Waals surface area contributed by atoms with Crippen molar-refractivity contribution in [2.45, 2.75) is 32.7 Å². The van der Waals surface area contributed by atoms with E-state index in [0.717, 1.165) is 25.1 Å². The van der Waals surface area contributed by atoms with Crippen LogP contribution in [0.15, 0.2) is 18.2 Å². The van der Waals surface area contributed by atoms with E-state index in [4.69, 9.17) is 5.73 Å². The van der Waals surface area contributed by atoms with Crippen LogP contribution < -0.4 is 5.73 Å². The normalized spacial score (nSPS) is 28.1. The van der Waals surface area contributed by atoms with Crippen molar-refractivity contribution in [1.82, 2.24) is 4.90 Å². The maximum Gasteiger partial charge on any atom is 0.253 e. The molecular weight excluding hydrogens is 272 g/mol. The van der Waals surface area contributed by atoms with E-state index in [1.165, 1.54) is 17.5 Å². The van der Waals surface area contributed by atoms with E-state index in [1.54, 1.807) is 0 Å². The van der Waals surface area contributed by atoms with E-state index < -0.39 is 0 Å². The van der Waals surface area contributed by atoms with Crippen molar-refractivity contribution in [3.8, 4) is 0 Å². The molecule has 1 saturated heterocycles. The zero-order valence-corrected chi connectivity index (χ0v) is 13.0. The van der Waals surface area contributed by atoms with Gasteiger partial charge in [-0.15, -0.1) is 12.4 Å². The number of fused-ring (bicyclic) bond motifs is 1. The van der Waals surface area contributed by atoms with Crippen molar-refractivity contribution in [3.05, 3.63) is 34.9 Å². The first-order chi connectivity index (χ1) is 9.06. The number of hydrogen-bond donors (Lipinski definition) is 1. The number of amides is 1. The van der Waals surface area contributed by atoms with Gasteiger partial charge >= 0.3 is 0 Å². The summed E-state index contributed by atoms with van der Waals surface area (Å²) in [4.78, 5) is 14.5. The highest BCUT2D eigenvalue weighted by Crippen LogP contribution is 2.37. The Kier molecular flexibility index (Phi) is 4.40. The molecule has 0 aromatic heterocycles. The van der Waals surface area contributed by atoms with Crippen molar-refractivity contribution >= 4 is 18.3 Å². The molecule has 3 unspecified atom stereocenters. The maximum absolute atomic E-state index is 12.5. The Bertz CT molecular complexity index is 517. The van der Waals surface area contributed by atoms with Gasteiger partial charge in [0.05, 0.1) is 0 Å². The van der Waals surface area contributed by atoms with Crippen LogP contribution in [-0.4, -0.2) is 29.9 Å². The molecule has 1 heterocycles. The molecule has 1 aliphatic heterocycles. The first kappa shape index (κ1) is 15.3. The summed E-state index contributed by atoms with van der Waals surface area (Å²) in [5.41, 5.74) is 9.36. The molecule has 2 fully saturated rings. The second-order valence-electron chi connectivity index (χ2n) is 6.17. The van der Waals surface area contributed by atoms with Gasteiger partial charge in [-0.1, -0.05) is 6.07 Å². The molecule has 1 aromatic carbocycles. The van der Waals surface area contributed by atoms with Crippen LogP contribution in [0.1, 0.15) is 34.3 Å². The van der Waals surface area contributed by atoms with Crippen molar-refractivity contribution in [2.24, 2.45) is 17.6 Å². The molecule has 0 bridgehead atoms. The average molecular weight is 295 g/mol. The Morgan fingerprint density at radius 2 is 1.95 bits per heavy atom. The van der Waals surface area contributed by atoms with E-state index in [1.807, 2.05) is 23.1 Å². The van der Waals surface area contributed by atoms with Crippen molar-refractivity contribution in [1.29, 1.82) is 0 Å². The van der Waals surface area contributed by atoms with Gasteiger partial charge in [-0.05, 0) is 61.8 Å². The fourth-order valence-electron chi connectivity index (χ4n) is 3.53. The molecule has 4 heteroatoms. The number of rotatable bonds is 1. The van der Waals surface area contributed by atoms with Crippen molar-refractivity contribution in [2.75, 3.05) is 13.1 Å². The number of benzene rings is 1. The smallest absolute Gasteiger partial charge is 0.253 e. The second kappa shape index (κ2) is 5.74. The molecule has 3 atom stereocenters. The minimum Gasteiger partial charge on any atom is -0.338 e. The highest BCUT2D eigenvalue weighted by atomic mass is 35.5. The van der Waals surface area contributed by atoms with Gasteiger partial charge in [0.15, 0.2) is 0 Å². The number of aryl methyl sites for hydroxylation is 2. The molecule has 20 heavy (non-hydrogen) atoms. The Hall–Kier alpha value is -1.06. The Balaban J connectivity index is 0.00000147. The number of hydrogen-bond acceptors (Lipinski definition) is 2. The molecule has 0 spiro atoms. The van der Waals surface area contributed by atoms with Gasteiger partial charge in [0, 0.05) is 24.7 Å². The molecular formula is C16H23ClN2O. The summed E-state index contributed by atoms with van der Waals surface area (Å²) in [6.07, 6.45) is 2.31. The summed E-state index contributed by atoms with van der Waals surface area (Å²) < 4.78 is 0. The van der Waals surface area contributed by atoms with Gasteiger partial charge in [-0.3, -0.25) is 4.79 Å². The van der Waals surface area contributed by atoms with Crippen LogP contribution in [0, 0.1) is 25.7 Å². The van der Waals surface area contributed by atoms with Gasteiger partial charge in [0.1, 0.15) is 0 Å². The Morgan fingerprint density at radius 3 is 2.60 bits per heavy atom. The van der Waals surface area contributed by atoms with Crippen LogP contribution in [0.4, 0.5) is 0 Å². The number of nitrogens with two attached hydrogens (primary N) is 1. The summed E-state index contributed by atoms with van der Waals surface area (Å²) in [5, 5.41) is 0.